The number of benzene rings is 6. The smallest absolute Gasteiger partial charge is 0.149 e. The van der Waals surface area contributed by atoms with E-state index in [2.05, 4.69) is 137 Å². The molecule has 7 rings (SSSR count). The van der Waals surface area contributed by atoms with Crippen molar-refractivity contribution >= 4 is 16.5 Å². The van der Waals surface area contributed by atoms with Crippen LogP contribution >= 0.6 is 0 Å². The molecule has 1 heterocycles. The first-order chi connectivity index (χ1) is 23.7. The molecule has 1 aliphatic heterocycles. The maximum Gasteiger partial charge on any atom is 0.149 e. The van der Waals surface area contributed by atoms with E-state index in [0.29, 0.717) is 6.54 Å². The minimum atomic E-state index is -0.587. The van der Waals surface area contributed by atoms with Gasteiger partial charge in [-0.2, -0.15) is 0 Å². The van der Waals surface area contributed by atoms with Gasteiger partial charge in [0.05, 0.1) is 12.7 Å². The number of aliphatic hydroxyl groups is 1. The Labute approximate surface area is 283 Å². The molecule has 1 fully saturated rings. The molecule has 0 radical (unpaired) electrons. The molecule has 1 aliphatic rings. The molecule has 2 unspecified atom stereocenters. The molecule has 1 saturated heterocycles. The van der Waals surface area contributed by atoms with E-state index in [4.69, 9.17) is 9.47 Å². The molecule has 6 aromatic carbocycles. The Kier molecular flexibility index (Phi) is 10.1. The third-order valence-corrected chi connectivity index (χ3v) is 9.17. The van der Waals surface area contributed by atoms with Crippen LogP contribution in [0.1, 0.15) is 34.5 Å². The van der Waals surface area contributed by atoms with Gasteiger partial charge in [0, 0.05) is 38.4 Å². The molecule has 0 amide bonds. The summed E-state index contributed by atoms with van der Waals surface area (Å²) >= 11 is 0. The molecule has 2 atom stereocenters. The maximum absolute atomic E-state index is 11.1. The highest BCUT2D eigenvalue weighted by Gasteiger charge is 2.23. The minimum Gasteiger partial charge on any atom is -0.481 e. The lowest BCUT2D eigenvalue weighted by Gasteiger charge is -2.37. The van der Waals surface area contributed by atoms with Gasteiger partial charge in [-0.1, -0.05) is 133 Å². The van der Waals surface area contributed by atoms with Gasteiger partial charge < -0.3 is 19.5 Å². The van der Waals surface area contributed by atoms with Crippen LogP contribution in [0, 0.1) is 0 Å². The highest BCUT2D eigenvalue weighted by atomic mass is 16.5. The lowest BCUT2D eigenvalue weighted by Crippen LogP contribution is -2.49. The summed E-state index contributed by atoms with van der Waals surface area (Å²) in [5.41, 5.74) is 5.64. The number of fused-ring (bicyclic) bond motifs is 1. The highest BCUT2D eigenvalue weighted by Crippen LogP contribution is 2.33. The molecule has 0 aromatic heterocycles. The zero-order valence-corrected chi connectivity index (χ0v) is 27.1. The van der Waals surface area contributed by atoms with Crippen LogP contribution in [-0.4, -0.2) is 55.4 Å². The molecule has 6 aromatic rings. The summed E-state index contributed by atoms with van der Waals surface area (Å²) in [6, 6.07) is 54.2. The van der Waals surface area contributed by atoms with Gasteiger partial charge in [0.25, 0.3) is 0 Å². The van der Waals surface area contributed by atoms with Crippen molar-refractivity contribution in [2.24, 2.45) is 0 Å². The van der Waals surface area contributed by atoms with Crippen LogP contribution in [0.4, 0.5) is 5.69 Å². The summed E-state index contributed by atoms with van der Waals surface area (Å²) < 4.78 is 13.1. The average molecular weight is 635 g/mol. The second-order valence-corrected chi connectivity index (χ2v) is 12.4. The van der Waals surface area contributed by atoms with Gasteiger partial charge in [-0.3, -0.25) is 4.90 Å². The molecule has 0 bridgehead atoms. The molecule has 5 nitrogen and oxygen atoms in total. The fourth-order valence-corrected chi connectivity index (χ4v) is 6.67. The standard InChI is InChI=1S/C43H42N2O3/c46-38(32-47-43(36-18-8-3-9-19-36)41-22-12-20-33-13-10-11-21-40(33)41)31-44-27-29-45(30-28-44)37-23-25-39(26-24-37)48-42(34-14-4-1-5-15-34)35-16-6-2-7-17-35/h1-26,38,42-43,46H,27-32H2. The van der Waals surface area contributed by atoms with E-state index in [-0.39, 0.29) is 18.8 Å². The highest BCUT2D eigenvalue weighted by molar-refractivity contribution is 5.86. The third kappa shape index (κ3) is 7.61. The summed E-state index contributed by atoms with van der Waals surface area (Å²) in [7, 11) is 0. The molecular weight excluding hydrogens is 592 g/mol. The number of ether oxygens (including phenoxy) is 2. The van der Waals surface area contributed by atoms with Crippen molar-refractivity contribution in [3.8, 4) is 5.75 Å². The van der Waals surface area contributed by atoms with Crippen molar-refractivity contribution in [2.75, 3.05) is 44.2 Å². The Morgan fingerprint density at radius 2 is 1.08 bits per heavy atom. The van der Waals surface area contributed by atoms with E-state index in [0.717, 1.165) is 54.2 Å². The van der Waals surface area contributed by atoms with E-state index in [1.165, 1.54) is 16.5 Å². The van der Waals surface area contributed by atoms with Gasteiger partial charge in [-0.15, -0.1) is 0 Å². The number of hydrogen-bond acceptors (Lipinski definition) is 5. The molecule has 0 saturated carbocycles. The Bertz CT molecular complexity index is 1810. The fourth-order valence-electron chi connectivity index (χ4n) is 6.67. The summed E-state index contributed by atoms with van der Waals surface area (Å²) in [6.07, 6.45) is -1.02. The number of nitrogens with zero attached hydrogens (tertiary/aromatic N) is 2. The van der Waals surface area contributed by atoms with Crippen LogP contribution in [0.2, 0.25) is 0 Å². The first kappa shape index (κ1) is 31.6. The maximum atomic E-state index is 11.1. The lowest BCUT2D eigenvalue weighted by atomic mass is 9.95. The summed E-state index contributed by atoms with van der Waals surface area (Å²) in [5, 5.41) is 13.5. The Balaban J connectivity index is 0.940. The summed E-state index contributed by atoms with van der Waals surface area (Å²) in [4.78, 5) is 4.74. The summed E-state index contributed by atoms with van der Waals surface area (Å²) in [6.45, 7) is 4.39. The first-order valence-corrected chi connectivity index (χ1v) is 16.9. The van der Waals surface area contributed by atoms with Gasteiger partial charge in [0.2, 0.25) is 0 Å². The quantitative estimate of drug-likeness (QED) is 0.147. The predicted octanol–water partition coefficient (Wildman–Crippen LogP) is 8.30. The van der Waals surface area contributed by atoms with Crippen molar-refractivity contribution in [1.82, 2.24) is 4.90 Å². The zero-order chi connectivity index (χ0) is 32.5. The van der Waals surface area contributed by atoms with E-state index in [9.17, 15) is 5.11 Å². The second-order valence-electron chi connectivity index (χ2n) is 12.4. The van der Waals surface area contributed by atoms with Crippen LogP contribution in [0.5, 0.6) is 5.75 Å². The van der Waals surface area contributed by atoms with E-state index in [1.54, 1.807) is 0 Å². The predicted molar refractivity (Wildman–Crippen MR) is 195 cm³/mol. The molecular formula is C43H42N2O3. The van der Waals surface area contributed by atoms with Crippen LogP contribution in [0.25, 0.3) is 10.8 Å². The van der Waals surface area contributed by atoms with Crippen molar-refractivity contribution < 1.29 is 14.6 Å². The molecule has 5 heteroatoms. The fraction of sp³-hybridized carbons (Fsp3) is 0.209. The Morgan fingerprint density at radius 3 is 1.71 bits per heavy atom. The number of rotatable bonds is 12. The van der Waals surface area contributed by atoms with Gasteiger partial charge in [0.15, 0.2) is 0 Å². The van der Waals surface area contributed by atoms with Gasteiger partial charge in [-0.05, 0) is 57.3 Å². The topological polar surface area (TPSA) is 45.2 Å². The monoisotopic (exact) mass is 634 g/mol. The van der Waals surface area contributed by atoms with Crippen LogP contribution < -0.4 is 9.64 Å². The van der Waals surface area contributed by atoms with Crippen molar-refractivity contribution in [3.05, 3.63) is 180 Å². The van der Waals surface area contributed by atoms with E-state index < -0.39 is 6.10 Å². The second kappa shape index (κ2) is 15.3. The Morgan fingerprint density at radius 1 is 0.542 bits per heavy atom. The number of piperazine rings is 1. The number of anilines is 1. The molecule has 0 aliphatic carbocycles. The van der Waals surface area contributed by atoms with E-state index in [1.807, 2.05) is 30.3 Å². The van der Waals surface area contributed by atoms with Gasteiger partial charge >= 0.3 is 0 Å². The van der Waals surface area contributed by atoms with Crippen molar-refractivity contribution in [1.29, 1.82) is 0 Å². The SMILES string of the molecule is OC(COC(c1ccccc1)c1cccc2ccccc12)CN1CCN(c2ccc(OC(c3ccccc3)c3ccccc3)cc2)CC1. The molecule has 48 heavy (non-hydrogen) atoms. The largest absolute Gasteiger partial charge is 0.481 e. The normalized spacial score (nSPS) is 15.0. The zero-order valence-electron chi connectivity index (χ0n) is 27.1. The van der Waals surface area contributed by atoms with Crippen molar-refractivity contribution in [3.63, 3.8) is 0 Å². The third-order valence-electron chi connectivity index (χ3n) is 9.17. The lowest BCUT2D eigenvalue weighted by molar-refractivity contribution is -0.00851. The number of aliphatic hydroxyl groups excluding tert-OH is 1. The van der Waals surface area contributed by atoms with Crippen molar-refractivity contribution in [2.45, 2.75) is 18.3 Å². The average Bonchev–Trinajstić information content (AvgIpc) is 3.16. The molecule has 242 valence electrons. The number of β-amino-alcohol motifs (C(OH)–C–C–N with tert-alkyl or cyclic N) is 1. The van der Waals surface area contributed by atoms with Crippen LogP contribution in [-0.2, 0) is 4.74 Å². The minimum absolute atomic E-state index is 0.174. The number of hydrogen-bond donors (Lipinski definition) is 1. The van der Waals surface area contributed by atoms with Gasteiger partial charge in [0.1, 0.15) is 18.0 Å². The Hall–Kier alpha value is -4.94. The van der Waals surface area contributed by atoms with Gasteiger partial charge in [-0.25, -0.2) is 0 Å². The van der Waals surface area contributed by atoms with Crippen LogP contribution in [0.15, 0.2) is 158 Å². The van der Waals surface area contributed by atoms with Crippen LogP contribution in [0.3, 0.4) is 0 Å². The van der Waals surface area contributed by atoms with E-state index >= 15 is 0 Å². The molecule has 1 N–H and O–H groups in total. The summed E-state index contributed by atoms with van der Waals surface area (Å²) in [5.74, 6) is 0.843. The first-order valence-electron chi connectivity index (χ1n) is 16.9. The molecule has 0 spiro atoms.